The molecule has 0 aliphatic heterocycles. The van der Waals surface area contributed by atoms with Crippen LogP contribution in [-0.2, 0) is 0 Å². The molecule has 2 amide bonds. The van der Waals surface area contributed by atoms with Crippen LogP contribution in [0.15, 0.2) is 67.1 Å². The van der Waals surface area contributed by atoms with Gasteiger partial charge in [-0.1, -0.05) is 26.0 Å². The summed E-state index contributed by atoms with van der Waals surface area (Å²) >= 11 is 0. The van der Waals surface area contributed by atoms with Crippen molar-refractivity contribution in [3.8, 4) is 11.3 Å². The first-order chi connectivity index (χ1) is 17.0. The van der Waals surface area contributed by atoms with Crippen molar-refractivity contribution in [2.75, 3.05) is 31.5 Å². The van der Waals surface area contributed by atoms with Crippen LogP contribution in [0.4, 0.5) is 11.5 Å². The zero-order valence-corrected chi connectivity index (χ0v) is 19.9. The molecule has 0 spiro atoms. The van der Waals surface area contributed by atoms with Gasteiger partial charge in [-0.25, -0.2) is 9.97 Å². The number of rotatable bonds is 10. The molecule has 4 aromatic rings. The fourth-order valence-corrected chi connectivity index (χ4v) is 3.84. The Bertz CT molecular complexity index is 1310. The van der Waals surface area contributed by atoms with Crippen molar-refractivity contribution in [2.45, 2.75) is 13.8 Å². The SMILES string of the molecule is CCN(CC)CCNC(=O)c1ccc(Nc2ncc(-c3ccc(C(N)=O)cc3)n3ccnc23)cc1. The maximum Gasteiger partial charge on any atom is 0.251 e. The first-order valence-corrected chi connectivity index (χ1v) is 11.6. The molecule has 0 fully saturated rings. The van der Waals surface area contributed by atoms with Gasteiger partial charge < -0.3 is 21.3 Å². The Kier molecular flexibility index (Phi) is 7.37. The van der Waals surface area contributed by atoms with Crippen LogP contribution in [0.2, 0.25) is 0 Å². The second kappa shape index (κ2) is 10.8. The topological polar surface area (TPSA) is 118 Å². The predicted octanol–water partition coefficient (Wildman–Crippen LogP) is 3.31. The van der Waals surface area contributed by atoms with Gasteiger partial charge in [0.2, 0.25) is 5.91 Å². The van der Waals surface area contributed by atoms with E-state index in [1.165, 1.54) is 0 Å². The maximum atomic E-state index is 12.4. The lowest BCUT2D eigenvalue weighted by Crippen LogP contribution is -2.34. The van der Waals surface area contributed by atoms with Crippen molar-refractivity contribution in [1.29, 1.82) is 0 Å². The molecule has 0 unspecified atom stereocenters. The van der Waals surface area contributed by atoms with Gasteiger partial charge >= 0.3 is 0 Å². The summed E-state index contributed by atoms with van der Waals surface area (Å²) in [5, 5.41) is 6.25. The van der Waals surface area contributed by atoms with Crippen LogP contribution in [0, 0.1) is 0 Å². The van der Waals surface area contributed by atoms with Crippen LogP contribution >= 0.6 is 0 Å². The van der Waals surface area contributed by atoms with Crippen molar-refractivity contribution in [2.24, 2.45) is 5.73 Å². The van der Waals surface area contributed by atoms with Gasteiger partial charge in [-0.2, -0.15) is 0 Å². The number of nitrogens with two attached hydrogens (primary N) is 1. The lowest BCUT2D eigenvalue weighted by atomic mass is 10.1. The number of nitrogens with one attached hydrogen (secondary N) is 2. The van der Waals surface area contributed by atoms with Crippen LogP contribution in [0.5, 0.6) is 0 Å². The third kappa shape index (κ3) is 5.47. The highest BCUT2D eigenvalue weighted by atomic mass is 16.2. The second-order valence-corrected chi connectivity index (χ2v) is 8.04. The molecule has 0 atom stereocenters. The maximum absolute atomic E-state index is 12.4. The van der Waals surface area contributed by atoms with E-state index in [0.717, 1.165) is 36.6 Å². The van der Waals surface area contributed by atoms with Crippen LogP contribution in [0.1, 0.15) is 34.6 Å². The highest BCUT2D eigenvalue weighted by Gasteiger charge is 2.12. The molecule has 2 aromatic heterocycles. The van der Waals surface area contributed by atoms with Gasteiger partial charge in [0.15, 0.2) is 11.5 Å². The minimum Gasteiger partial charge on any atom is -0.366 e. The predicted molar refractivity (Wildman–Crippen MR) is 137 cm³/mol. The van der Waals surface area contributed by atoms with Crippen molar-refractivity contribution < 1.29 is 9.59 Å². The number of hydrogen-bond donors (Lipinski definition) is 3. The molecule has 35 heavy (non-hydrogen) atoms. The minimum absolute atomic E-state index is 0.0933. The molecular formula is C26H29N7O2. The van der Waals surface area contributed by atoms with Crippen LogP contribution in [0.3, 0.4) is 0 Å². The molecule has 2 aromatic carbocycles. The second-order valence-electron chi connectivity index (χ2n) is 8.04. The summed E-state index contributed by atoms with van der Waals surface area (Å²) in [5.41, 5.74) is 9.54. The molecule has 0 radical (unpaired) electrons. The van der Waals surface area contributed by atoms with Crippen LogP contribution in [0.25, 0.3) is 16.9 Å². The number of benzene rings is 2. The first-order valence-electron chi connectivity index (χ1n) is 11.6. The zero-order chi connectivity index (χ0) is 24.8. The largest absolute Gasteiger partial charge is 0.366 e. The fourth-order valence-electron chi connectivity index (χ4n) is 3.84. The monoisotopic (exact) mass is 471 g/mol. The summed E-state index contributed by atoms with van der Waals surface area (Å²) in [4.78, 5) is 35.1. The number of fused-ring (bicyclic) bond motifs is 1. The third-order valence-corrected chi connectivity index (χ3v) is 5.91. The summed E-state index contributed by atoms with van der Waals surface area (Å²) in [6.07, 6.45) is 5.30. The number of hydrogen-bond acceptors (Lipinski definition) is 6. The Morgan fingerprint density at radius 1 is 0.971 bits per heavy atom. The van der Waals surface area contributed by atoms with E-state index in [-0.39, 0.29) is 5.91 Å². The number of aromatic nitrogens is 3. The first kappa shape index (κ1) is 23.9. The molecule has 2 heterocycles. The van der Waals surface area contributed by atoms with Crippen molar-refractivity contribution in [3.05, 3.63) is 78.2 Å². The number of imidazole rings is 1. The molecule has 9 heteroatoms. The average Bonchev–Trinajstić information content (AvgIpc) is 3.38. The Balaban J connectivity index is 1.46. The summed E-state index contributed by atoms with van der Waals surface area (Å²) in [5.74, 6) is 0.0262. The van der Waals surface area contributed by atoms with Gasteiger partial charge in [0.1, 0.15) is 0 Å². The van der Waals surface area contributed by atoms with Gasteiger partial charge in [-0.3, -0.25) is 14.0 Å². The van der Waals surface area contributed by atoms with E-state index in [4.69, 9.17) is 5.73 Å². The third-order valence-electron chi connectivity index (χ3n) is 5.91. The normalized spacial score (nSPS) is 11.1. The summed E-state index contributed by atoms with van der Waals surface area (Å²) < 4.78 is 1.92. The Hall–Kier alpha value is -4.24. The van der Waals surface area contributed by atoms with Gasteiger partial charge in [-0.05, 0) is 49.5 Å². The highest BCUT2D eigenvalue weighted by molar-refractivity contribution is 5.94. The van der Waals surface area contributed by atoms with E-state index in [0.29, 0.717) is 29.1 Å². The fraction of sp³-hybridized carbons (Fsp3) is 0.231. The molecule has 4 rings (SSSR count). The van der Waals surface area contributed by atoms with Crippen molar-refractivity contribution in [1.82, 2.24) is 24.6 Å². The number of nitrogens with zero attached hydrogens (tertiary/aromatic N) is 4. The number of carbonyl (C=O) groups is 2. The van der Waals surface area contributed by atoms with E-state index < -0.39 is 5.91 Å². The molecule has 4 N–H and O–H groups in total. The molecule has 0 aliphatic carbocycles. The number of carbonyl (C=O) groups excluding carboxylic acids is 2. The van der Waals surface area contributed by atoms with Crippen molar-refractivity contribution >= 4 is 29.0 Å². The van der Waals surface area contributed by atoms with Crippen LogP contribution < -0.4 is 16.4 Å². The highest BCUT2D eigenvalue weighted by Crippen LogP contribution is 2.25. The van der Waals surface area contributed by atoms with Gasteiger partial charge in [0.05, 0.1) is 11.9 Å². The van der Waals surface area contributed by atoms with E-state index in [1.54, 1.807) is 36.7 Å². The number of primary amides is 1. The summed E-state index contributed by atoms with van der Waals surface area (Å²) in [6, 6.07) is 14.3. The number of anilines is 2. The minimum atomic E-state index is -0.467. The molecule has 9 nitrogen and oxygen atoms in total. The van der Waals surface area contributed by atoms with E-state index >= 15 is 0 Å². The zero-order valence-electron chi connectivity index (χ0n) is 19.9. The van der Waals surface area contributed by atoms with Gasteiger partial charge in [0.25, 0.3) is 5.91 Å². The Labute approximate surface area is 204 Å². The number of likely N-dealkylation sites (N-methyl/N-ethyl adjacent to an activating group) is 1. The smallest absolute Gasteiger partial charge is 0.251 e. The quantitative estimate of drug-likeness (QED) is 0.327. The summed E-state index contributed by atoms with van der Waals surface area (Å²) in [6.45, 7) is 7.59. The molecule has 0 aliphatic rings. The summed E-state index contributed by atoms with van der Waals surface area (Å²) in [7, 11) is 0. The number of amides is 2. The average molecular weight is 472 g/mol. The van der Waals surface area contributed by atoms with Crippen molar-refractivity contribution in [3.63, 3.8) is 0 Å². The molecule has 0 saturated carbocycles. The standard InChI is InChI=1S/C26H29N7O2/c1-3-32(4-2)15-13-29-26(35)20-9-11-21(12-10-20)31-24-25-28-14-16-33(25)22(17-30-24)18-5-7-19(8-6-18)23(27)34/h5-12,14,16-17H,3-4,13,15H2,1-2H3,(H2,27,34)(H,29,35)(H,30,31). The van der Waals surface area contributed by atoms with E-state index in [1.807, 2.05) is 34.9 Å². The van der Waals surface area contributed by atoms with Gasteiger partial charge in [0, 0.05) is 47.9 Å². The Morgan fingerprint density at radius 2 is 1.66 bits per heavy atom. The van der Waals surface area contributed by atoms with E-state index in [9.17, 15) is 9.59 Å². The van der Waals surface area contributed by atoms with Gasteiger partial charge in [-0.15, -0.1) is 0 Å². The van der Waals surface area contributed by atoms with E-state index in [2.05, 4.69) is 39.3 Å². The Morgan fingerprint density at radius 3 is 2.31 bits per heavy atom. The lowest BCUT2D eigenvalue weighted by Gasteiger charge is -2.18. The molecule has 0 saturated heterocycles. The molecule has 180 valence electrons. The lowest BCUT2D eigenvalue weighted by molar-refractivity contribution is 0.0947. The molecule has 0 bridgehead atoms. The van der Waals surface area contributed by atoms with Crippen LogP contribution in [-0.4, -0.2) is 57.3 Å². The molecular weight excluding hydrogens is 442 g/mol.